The van der Waals surface area contributed by atoms with Crippen molar-refractivity contribution < 1.29 is 18.8 Å². The molecule has 7 nitrogen and oxygen atoms in total. The largest absolute Gasteiger partial charge is 0.469 e. The van der Waals surface area contributed by atoms with Gasteiger partial charge in [0.05, 0.1) is 11.8 Å². The van der Waals surface area contributed by atoms with Crippen molar-refractivity contribution in [3.8, 4) is 0 Å². The van der Waals surface area contributed by atoms with Gasteiger partial charge in [-0.25, -0.2) is 0 Å². The van der Waals surface area contributed by atoms with Crippen LogP contribution >= 0.6 is 11.8 Å². The molecule has 1 saturated heterocycles. The van der Waals surface area contributed by atoms with E-state index in [9.17, 15) is 14.4 Å². The summed E-state index contributed by atoms with van der Waals surface area (Å²) in [5.74, 6) is 0.786. The lowest BCUT2D eigenvalue weighted by molar-refractivity contribution is -0.138. The standard InChI is InChI=1S/C17H25N3O4S/c1-4-18-17(23)14-9-12(10-20(14)15(21)6-8-25-3)19-16(22)13-5-7-24-11(13)2/h5,7,12,14H,4,6,8-10H2,1-3H3,(H,18,23)(H,19,22)/t12-,14-/m0/s1. The molecule has 3 amide bonds. The second-order valence-electron chi connectivity index (χ2n) is 6.00. The monoisotopic (exact) mass is 367 g/mol. The molecule has 1 aliphatic heterocycles. The van der Waals surface area contributed by atoms with E-state index in [1.165, 1.54) is 6.26 Å². The quantitative estimate of drug-likeness (QED) is 0.755. The fraction of sp³-hybridized carbons (Fsp3) is 0.588. The van der Waals surface area contributed by atoms with E-state index in [1.54, 1.807) is 29.7 Å². The van der Waals surface area contributed by atoms with Crippen molar-refractivity contribution in [2.24, 2.45) is 0 Å². The minimum absolute atomic E-state index is 0.0538. The Labute approximate surface area is 151 Å². The van der Waals surface area contributed by atoms with Gasteiger partial charge >= 0.3 is 0 Å². The van der Waals surface area contributed by atoms with Crippen molar-refractivity contribution in [1.29, 1.82) is 0 Å². The molecular weight excluding hydrogens is 342 g/mol. The zero-order chi connectivity index (χ0) is 18.4. The average Bonchev–Trinajstić information content (AvgIpc) is 3.19. The average molecular weight is 367 g/mol. The van der Waals surface area contributed by atoms with Crippen LogP contribution in [-0.2, 0) is 9.59 Å². The smallest absolute Gasteiger partial charge is 0.255 e. The fourth-order valence-corrected chi connectivity index (χ4v) is 3.35. The molecular formula is C17H25N3O4S. The van der Waals surface area contributed by atoms with Gasteiger partial charge < -0.3 is 20.0 Å². The number of nitrogens with zero attached hydrogens (tertiary/aromatic N) is 1. The van der Waals surface area contributed by atoms with Crippen LogP contribution < -0.4 is 10.6 Å². The van der Waals surface area contributed by atoms with Gasteiger partial charge in [0, 0.05) is 31.3 Å². The third kappa shape index (κ3) is 4.78. The molecule has 0 aliphatic carbocycles. The predicted molar refractivity (Wildman–Crippen MR) is 96.5 cm³/mol. The van der Waals surface area contributed by atoms with Crippen LogP contribution in [0.5, 0.6) is 0 Å². The molecule has 1 fully saturated rings. The molecule has 0 spiro atoms. The van der Waals surface area contributed by atoms with E-state index in [2.05, 4.69) is 10.6 Å². The lowest BCUT2D eigenvalue weighted by Crippen LogP contribution is -2.46. The zero-order valence-electron chi connectivity index (χ0n) is 14.8. The first-order valence-electron chi connectivity index (χ1n) is 8.39. The number of hydrogen-bond acceptors (Lipinski definition) is 5. The van der Waals surface area contributed by atoms with Gasteiger partial charge in [0.1, 0.15) is 11.8 Å². The SMILES string of the molecule is CCNC(=O)[C@@H]1C[C@H](NC(=O)c2ccoc2C)CN1C(=O)CCSC. The van der Waals surface area contributed by atoms with E-state index >= 15 is 0 Å². The Hall–Kier alpha value is -1.96. The summed E-state index contributed by atoms with van der Waals surface area (Å²) < 4.78 is 5.15. The Kier molecular flexibility index (Phi) is 6.92. The summed E-state index contributed by atoms with van der Waals surface area (Å²) in [6.45, 7) is 4.41. The van der Waals surface area contributed by atoms with E-state index in [0.29, 0.717) is 43.0 Å². The number of hydrogen-bond donors (Lipinski definition) is 2. The first-order valence-corrected chi connectivity index (χ1v) is 9.78. The van der Waals surface area contributed by atoms with Crippen molar-refractivity contribution in [1.82, 2.24) is 15.5 Å². The molecule has 138 valence electrons. The molecule has 2 heterocycles. The Morgan fingerprint density at radius 3 is 2.76 bits per heavy atom. The van der Waals surface area contributed by atoms with Crippen molar-refractivity contribution in [3.63, 3.8) is 0 Å². The second-order valence-corrected chi connectivity index (χ2v) is 6.98. The minimum Gasteiger partial charge on any atom is -0.469 e. The van der Waals surface area contributed by atoms with Crippen LogP contribution in [0.4, 0.5) is 0 Å². The molecule has 0 bridgehead atoms. The van der Waals surface area contributed by atoms with Crippen molar-refractivity contribution >= 4 is 29.5 Å². The van der Waals surface area contributed by atoms with Gasteiger partial charge in [-0.2, -0.15) is 11.8 Å². The molecule has 1 aromatic rings. The highest BCUT2D eigenvalue weighted by atomic mass is 32.2. The van der Waals surface area contributed by atoms with Gasteiger partial charge in [0.15, 0.2) is 0 Å². The topological polar surface area (TPSA) is 91.7 Å². The lowest BCUT2D eigenvalue weighted by Gasteiger charge is -2.23. The number of nitrogens with one attached hydrogen (secondary N) is 2. The summed E-state index contributed by atoms with van der Waals surface area (Å²) in [6.07, 6.45) is 4.21. The van der Waals surface area contributed by atoms with E-state index in [4.69, 9.17) is 4.42 Å². The molecule has 1 aromatic heterocycles. The molecule has 2 rings (SSSR count). The van der Waals surface area contributed by atoms with Crippen LogP contribution in [0.15, 0.2) is 16.7 Å². The van der Waals surface area contributed by atoms with Gasteiger partial charge in [0.25, 0.3) is 5.91 Å². The summed E-state index contributed by atoms with van der Waals surface area (Å²) in [6, 6.07) is 0.820. The Bertz CT molecular complexity index is 631. The number of likely N-dealkylation sites (N-methyl/N-ethyl adjacent to an activating group) is 1. The van der Waals surface area contributed by atoms with Crippen LogP contribution in [0.2, 0.25) is 0 Å². The van der Waals surface area contributed by atoms with E-state index < -0.39 is 6.04 Å². The van der Waals surface area contributed by atoms with Crippen LogP contribution in [0.3, 0.4) is 0 Å². The summed E-state index contributed by atoms with van der Waals surface area (Å²) in [4.78, 5) is 38.7. The maximum absolute atomic E-state index is 12.4. The number of likely N-dealkylation sites (tertiary alicyclic amines) is 1. The molecule has 1 aliphatic rings. The molecule has 0 aromatic carbocycles. The van der Waals surface area contributed by atoms with Gasteiger partial charge in [-0.3, -0.25) is 14.4 Å². The number of rotatable bonds is 7. The van der Waals surface area contributed by atoms with Gasteiger partial charge in [-0.15, -0.1) is 0 Å². The summed E-state index contributed by atoms with van der Waals surface area (Å²) >= 11 is 1.59. The second kappa shape index (κ2) is 8.94. The molecule has 8 heteroatoms. The maximum atomic E-state index is 12.4. The minimum atomic E-state index is -0.537. The zero-order valence-corrected chi connectivity index (χ0v) is 15.6. The van der Waals surface area contributed by atoms with Crippen molar-refractivity contribution in [3.05, 3.63) is 23.7 Å². The highest BCUT2D eigenvalue weighted by Crippen LogP contribution is 2.21. The Morgan fingerprint density at radius 1 is 1.40 bits per heavy atom. The summed E-state index contributed by atoms with van der Waals surface area (Å²) in [7, 11) is 0. The van der Waals surface area contributed by atoms with Crippen LogP contribution in [-0.4, -0.2) is 59.8 Å². The number of aryl methyl sites for hydroxylation is 1. The first kappa shape index (κ1) is 19.4. The number of carbonyl (C=O) groups excluding carboxylic acids is 3. The summed E-state index contributed by atoms with van der Waals surface area (Å²) in [5, 5.41) is 5.69. The predicted octanol–water partition coefficient (Wildman–Crippen LogP) is 1.18. The maximum Gasteiger partial charge on any atom is 0.255 e. The highest BCUT2D eigenvalue weighted by molar-refractivity contribution is 7.98. The number of amides is 3. The Balaban J connectivity index is 2.06. The van der Waals surface area contributed by atoms with E-state index in [-0.39, 0.29) is 23.8 Å². The normalized spacial score (nSPS) is 19.7. The molecule has 0 saturated carbocycles. The van der Waals surface area contributed by atoms with Gasteiger partial charge in [-0.1, -0.05) is 0 Å². The molecule has 2 N–H and O–H groups in total. The number of carbonyl (C=O) groups is 3. The van der Waals surface area contributed by atoms with Crippen LogP contribution in [0.1, 0.15) is 35.9 Å². The molecule has 2 atom stereocenters. The lowest BCUT2D eigenvalue weighted by atomic mass is 10.1. The number of thioether (sulfide) groups is 1. The van der Waals surface area contributed by atoms with Crippen LogP contribution in [0.25, 0.3) is 0 Å². The van der Waals surface area contributed by atoms with Crippen LogP contribution in [0, 0.1) is 6.92 Å². The third-order valence-corrected chi connectivity index (χ3v) is 4.85. The fourth-order valence-electron chi connectivity index (χ4n) is 2.97. The summed E-state index contributed by atoms with van der Waals surface area (Å²) in [5.41, 5.74) is 0.474. The van der Waals surface area contributed by atoms with E-state index in [0.717, 1.165) is 0 Å². The first-order chi connectivity index (χ1) is 12.0. The van der Waals surface area contributed by atoms with Gasteiger partial charge in [-0.05, 0) is 32.6 Å². The molecule has 25 heavy (non-hydrogen) atoms. The van der Waals surface area contributed by atoms with Gasteiger partial charge in [0.2, 0.25) is 11.8 Å². The Morgan fingerprint density at radius 2 is 2.16 bits per heavy atom. The molecule has 0 radical (unpaired) electrons. The van der Waals surface area contributed by atoms with Crippen molar-refractivity contribution in [2.75, 3.05) is 25.1 Å². The molecule has 0 unspecified atom stereocenters. The van der Waals surface area contributed by atoms with Crippen molar-refractivity contribution in [2.45, 2.75) is 38.8 Å². The van der Waals surface area contributed by atoms with E-state index in [1.807, 2.05) is 13.2 Å². The number of furan rings is 1. The highest BCUT2D eigenvalue weighted by Gasteiger charge is 2.39. The third-order valence-electron chi connectivity index (χ3n) is 4.23.